The molecule has 1 aliphatic heterocycles. The van der Waals surface area contributed by atoms with E-state index in [-0.39, 0.29) is 30.9 Å². The molecule has 0 saturated carbocycles. The predicted molar refractivity (Wildman–Crippen MR) is 63.3 cm³/mol. The lowest BCUT2D eigenvalue weighted by Crippen LogP contribution is -2.30. The number of carboxylic acid groups (broad SMARTS) is 1. The number of rotatable bonds is 4. The second-order valence-corrected chi connectivity index (χ2v) is 4.09. The summed E-state index contributed by atoms with van der Waals surface area (Å²) in [6.45, 7) is 0.185. The number of primary amides is 1. The Bertz CT molecular complexity index is 539. The van der Waals surface area contributed by atoms with E-state index in [0.717, 1.165) is 5.56 Å². The minimum Gasteiger partial charge on any atom is -0.478 e. The number of anilines is 1. The normalized spacial score (nSPS) is 13.6. The first-order valence-corrected chi connectivity index (χ1v) is 5.44. The molecule has 0 aromatic heterocycles. The van der Waals surface area contributed by atoms with Crippen LogP contribution in [0.1, 0.15) is 22.3 Å². The summed E-state index contributed by atoms with van der Waals surface area (Å²) in [5.41, 5.74) is 6.49. The SMILES string of the molecule is NC(=O)CCN1C(=O)Cc2ccc(C(=O)O)cc21. The Balaban J connectivity index is 2.30. The lowest BCUT2D eigenvalue weighted by molar-refractivity contribution is -0.118. The fourth-order valence-electron chi connectivity index (χ4n) is 1.96. The number of hydrogen-bond donors (Lipinski definition) is 2. The molecule has 3 N–H and O–H groups in total. The smallest absolute Gasteiger partial charge is 0.335 e. The van der Waals surface area contributed by atoms with E-state index in [9.17, 15) is 14.4 Å². The summed E-state index contributed by atoms with van der Waals surface area (Å²) in [4.78, 5) is 34.8. The molecule has 1 aromatic carbocycles. The first-order valence-electron chi connectivity index (χ1n) is 5.44. The maximum Gasteiger partial charge on any atom is 0.335 e. The average Bonchev–Trinajstić information content (AvgIpc) is 2.60. The van der Waals surface area contributed by atoms with Gasteiger partial charge in [-0.25, -0.2) is 4.79 Å². The topological polar surface area (TPSA) is 101 Å². The van der Waals surface area contributed by atoms with Gasteiger partial charge in [0.05, 0.1) is 12.0 Å². The molecule has 0 saturated heterocycles. The highest BCUT2D eigenvalue weighted by Crippen LogP contribution is 2.30. The number of amides is 2. The maximum absolute atomic E-state index is 11.8. The number of benzene rings is 1. The molecule has 2 amide bonds. The average molecular weight is 248 g/mol. The molecule has 0 atom stereocenters. The molecule has 94 valence electrons. The van der Waals surface area contributed by atoms with E-state index >= 15 is 0 Å². The molecule has 18 heavy (non-hydrogen) atoms. The molecule has 6 nitrogen and oxygen atoms in total. The van der Waals surface area contributed by atoms with Crippen molar-refractivity contribution in [3.05, 3.63) is 29.3 Å². The summed E-state index contributed by atoms with van der Waals surface area (Å²) < 4.78 is 0. The lowest BCUT2D eigenvalue weighted by atomic mass is 10.1. The highest BCUT2D eigenvalue weighted by atomic mass is 16.4. The van der Waals surface area contributed by atoms with E-state index in [0.29, 0.717) is 5.69 Å². The quantitative estimate of drug-likeness (QED) is 0.791. The number of aromatic carboxylic acids is 1. The molecule has 0 radical (unpaired) electrons. The van der Waals surface area contributed by atoms with Crippen LogP contribution < -0.4 is 10.6 Å². The number of nitrogens with zero attached hydrogens (tertiary/aromatic N) is 1. The van der Waals surface area contributed by atoms with Gasteiger partial charge in [0.1, 0.15) is 0 Å². The van der Waals surface area contributed by atoms with Crippen molar-refractivity contribution in [2.45, 2.75) is 12.8 Å². The predicted octanol–water partition coefficient (Wildman–Crippen LogP) is 0.149. The monoisotopic (exact) mass is 248 g/mol. The number of fused-ring (bicyclic) bond motifs is 1. The Morgan fingerprint density at radius 1 is 1.39 bits per heavy atom. The molecule has 0 spiro atoms. The van der Waals surface area contributed by atoms with Crippen LogP contribution in [-0.2, 0) is 16.0 Å². The van der Waals surface area contributed by atoms with Crippen molar-refractivity contribution in [3.63, 3.8) is 0 Å². The van der Waals surface area contributed by atoms with E-state index < -0.39 is 11.9 Å². The standard InChI is InChI=1S/C12H12N2O4/c13-10(15)3-4-14-9-5-8(12(17)18)2-1-7(9)6-11(14)16/h1-2,5H,3-4,6H2,(H2,13,15)(H,17,18). The number of carbonyl (C=O) groups is 3. The molecule has 6 heteroatoms. The molecule has 0 fully saturated rings. The van der Waals surface area contributed by atoms with Crippen molar-refractivity contribution in [1.82, 2.24) is 0 Å². The van der Waals surface area contributed by atoms with Gasteiger partial charge in [-0.05, 0) is 17.7 Å². The number of nitrogens with two attached hydrogens (primary N) is 1. The molecule has 0 bridgehead atoms. The minimum atomic E-state index is -1.05. The van der Waals surface area contributed by atoms with Crippen LogP contribution in [0.25, 0.3) is 0 Å². The molecule has 1 heterocycles. The summed E-state index contributed by atoms with van der Waals surface area (Å²) >= 11 is 0. The summed E-state index contributed by atoms with van der Waals surface area (Å²) in [5.74, 6) is -1.69. The largest absolute Gasteiger partial charge is 0.478 e. The third kappa shape index (κ3) is 2.17. The Kier molecular flexibility index (Phi) is 3.01. The first-order chi connectivity index (χ1) is 8.49. The van der Waals surface area contributed by atoms with Gasteiger partial charge in [0.2, 0.25) is 11.8 Å². The van der Waals surface area contributed by atoms with E-state index in [4.69, 9.17) is 10.8 Å². The summed E-state index contributed by atoms with van der Waals surface area (Å²) in [6.07, 6.45) is 0.288. The van der Waals surface area contributed by atoms with Gasteiger partial charge in [-0.15, -0.1) is 0 Å². The second kappa shape index (κ2) is 4.48. The van der Waals surface area contributed by atoms with Crippen molar-refractivity contribution in [1.29, 1.82) is 0 Å². The van der Waals surface area contributed by atoms with Crippen LogP contribution in [0.15, 0.2) is 18.2 Å². The van der Waals surface area contributed by atoms with Crippen molar-refractivity contribution < 1.29 is 19.5 Å². The van der Waals surface area contributed by atoms with Gasteiger partial charge < -0.3 is 15.7 Å². The van der Waals surface area contributed by atoms with Gasteiger partial charge >= 0.3 is 5.97 Å². The minimum absolute atomic E-state index is 0.0580. The fraction of sp³-hybridized carbons (Fsp3) is 0.250. The van der Waals surface area contributed by atoms with Crippen LogP contribution in [0.2, 0.25) is 0 Å². The van der Waals surface area contributed by atoms with Crippen LogP contribution >= 0.6 is 0 Å². The molecule has 2 rings (SSSR count). The van der Waals surface area contributed by atoms with Crippen molar-refractivity contribution >= 4 is 23.5 Å². The zero-order chi connectivity index (χ0) is 13.3. The highest BCUT2D eigenvalue weighted by Gasteiger charge is 2.27. The van der Waals surface area contributed by atoms with Crippen LogP contribution in [0, 0.1) is 0 Å². The number of carbonyl (C=O) groups excluding carboxylic acids is 2. The number of hydrogen-bond acceptors (Lipinski definition) is 3. The van der Waals surface area contributed by atoms with E-state index in [2.05, 4.69) is 0 Å². The third-order valence-corrected chi connectivity index (χ3v) is 2.85. The molecule has 0 unspecified atom stereocenters. The van der Waals surface area contributed by atoms with Crippen LogP contribution in [-0.4, -0.2) is 29.4 Å². The summed E-state index contributed by atoms with van der Waals surface area (Å²) in [6, 6.07) is 4.54. The van der Waals surface area contributed by atoms with Gasteiger partial charge in [0, 0.05) is 18.7 Å². The molecular formula is C12H12N2O4. The zero-order valence-corrected chi connectivity index (χ0v) is 9.55. The highest BCUT2D eigenvalue weighted by molar-refractivity contribution is 6.03. The fourth-order valence-corrected chi connectivity index (χ4v) is 1.96. The van der Waals surface area contributed by atoms with E-state index in [1.807, 2.05) is 0 Å². The van der Waals surface area contributed by atoms with Crippen LogP contribution in [0.5, 0.6) is 0 Å². The molecular weight excluding hydrogens is 236 g/mol. The molecule has 1 aromatic rings. The van der Waals surface area contributed by atoms with Gasteiger partial charge in [0.15, 0.2) is 0 Å². The Morgan fingerprint density at radius 2 is 2.11 bits per heavy atom. The zero-order valence-electron chi connectivity index (χ0n) is 9.55. The van der Waals surface area contributed by atoms with Crippen molar-refractivity contribution in [2.75, 3.05) is 11.4 Å². The maximum atomic E-state index is 11.8. The lowest BCUT2D eigenvalue weighted by Gasteiger charge is -2.16. The van der Waals surface area contributed by atoms with Crippen molar-refractivity contribution in [2.24, 2.45) is 5.73 Å². The summed E-state index contributed by atoms with van der Waals surface area (Å²) in [5, 5.41) is 8.91. The van der Waals surface area contributed by atoms with E-state index in [1.54, 1.807) is 6.07 Å². The second-order valence-electron chi connectivity index (χ2n) is 4.09. The van der Waals surface area contributed by atoms with Gasteiger partial charge in [-0.2, -0.15) is 0 Å². The van der Waals surface area contributed by atoms with E-state index in [1.165, 1.54) is 17.0 Å². The third-order valence-electron chi connectivity index (χ3n) is 2.85. The molecule has 1 aliphatic rings. The Morgan fingerprint density at radius 3 is 2.72 bits per heavy atom. The van der Waals surface area contributed by atoms with Gasteiger partial charge in [0.25, 0.3) is 0 Å². The van der Waals surface area contributed by atoms with Gasteiger partial charge in [-0.3, -0.25) is 9.59 Å². The molecule has 0 aliphatic carbocycles. The number of carboxylic acids is 1. The van der Waals surface area contributed by atoms with Gasteiger partial charge in [-0.1, -0.05) is 6.07 Å². The Labute approximate surface area is 103 Å². The summed E-state index contributed by atoms with van der Waals surface area (Å²) in [7, 11) is 0. The van der Waals surface area contributed by atoms with Crippen LogP contribution in [0.3, 0.4) is 0 Å². The first kappa shape index (κ1) is 12.1. The van der Waals surface area contributed by atoms with Crippen LogP contribution in [0.4, 0.5) is 5.69 Å². The Hall–Kier alpha value is -2.37. The van der Waals surface area contributed by atoms with Crippen molar-refractivity contribution in [3.8, 4) is 0 Å².